The second kappa shape index (κ2) is 8.96. The highest BCUT2D eigenvalue weighted by Crippen LogP contribution is 2.32. The summed E-state index contributed by atoms with van der Waals surface area (Å²) in [5, 5.41) is 4.07. The van der Waals surface area contributed by atoms with Crippen molar-refractivity contribution >= 4 is 22.5 Å². The van der Waals surface area contributed by atoms with Crippen LogP contribution < -0.4 is 14.8 Å². The molecule has 3 aromatic carbocycles. The number of hydrogen-bond acceptors (Lipinski definition) is 3. The lowest BCUT2D eigenvalue weighted by Gasteiger charge is -2.14. The van der Waals surface area contributed by atoms with Gasteiger partial charge in [-0.05, 0) is 68.8 Å². The van der Waals surface area contributed by atoms with Crippen molar-refractivity contribution in [2.24, 2.45) is 0 Å². The number of aromatic nitrogens is 1. The summed E-state index contributed by atoms with van der Waals surface area (Å²) >= 11 is 0. The molecule has 0 bridgehead atoms. The van der Waals surface area contributed by atoms with Crippen LogP contribution in [0.5, 0.6) is 17.2 Å². The maximum Gasteiger partial charge on any atom is 0.272 e. The molecule has 4 rings (SSSR count). The van der Waals surface area contributed by atoms with Crippen molar-refractivity contribution in [1.82, 2.24) is 4.57 Å². The summed E-state index contributed by atoms with van der Waals surface area (Å²) in [6.45, 7) is 7.26. The molecule has 0 atom stereocenters. The van der Waals surface area contributed by atoms with Gasteiger partial charge in [0, 0.05) is 17.4 Å². The molecule has 0 aliphatic rings. The van der Waals surface area contributed by atoms with Crippen molar-refractivity contribution < 1.29 is 14.3 Å². The van der Waals surface area contributed by atoms with Gasteiger partial charge in [-0.2, -0.15) is 0 Å². The van der Waals surface area contributed by atoms with E-state index in [1.165, 1.54) is 0 Å². The molecule has 0 saturated heterocycles. The van der Waals surface area contributed by atoms with Gasteiger partial charge in [0.1, 0.15) is 17.2 Å². The third-order valence-corrected chi connectivity index (χ3v) is 5.24. The molecule has 0 saturated carbocycles. The molecule has 0 spiro atoms. The number of nitrogens with one attached hydrogen (secondary N) is 1. The Morgan fingerprint density at radius 3 is 2.42 bits per heavy atom. The molecular formula is C26H26N2O3. The van der Waals surface area contributed by atoms with Gasteiger partial charge in [-0.1, -0.05) is 30.3 Å². The van der Waals surface area contributed by atoms with E-state index in [4.69, 9.17) is 9.47 Å². The van der Waals surface area contributed by atoms with Crippen LogP contribution in [-0.2, 0) is 6.54 Å². The quantitative estimate of drug-likeness (QED) is 0.380. The van der Waals surface area contributed by atoms with E-state index in [9.17, 15) is 4.79 Å². The van der Waals surface area contributed by atoms with E-state index in [1.54, 1.807) is 0 Å². The third kappa shape index (κ3) is 4.12. The molecule has 5 nitrogen and oxygen atoms in total. The number of rotatable bonds is 7. The molecule has 4 aromatic rings. The minimum atomic E-state index is -0.169. The topological polar surface area (TPSA) is 52.5 Å². The molecule has 31 heavy (non-hydrogen) atoms. The van der Waals surface area contributed by atoms with Crippen LogP contribution in [0.2, 0.25) is 0 Å². The fourth-order valence-corrected chi connectivity index (χ4v) is 3.84. The van der Waals surface area contributed by atoms with Crippen molar-refractivity contribution in [2.75, 3.05) is 11.9 Å². The largest absolute Gasteiger partial charge is 0.494 e. The molecular weight excluding hydrogens is 388 g/mol. The Balaban J connectivity index is 1.69. The maximum atomic E-state index is 13.4. The lowest BCUT2D eigenvalue weighted by Crippen LogP contribution is -2.18. The van der Waals surface area contributed by atoms with E-state index in [0.717, 1.165) is 22.2 Å². The highest BCUT2D eigenvalue weighted by atomic mass is 16.5. The van der Waals surface area contributed by atoms with Crippen molar-refractivity contribution in [2.45, 2.75) is 27.3 Å². The zero-order valence-electron chi connectivity index (χ0n) is 18.0. The molecule has 1 aromatic heterocycles. The van der Waals surface area contributed by atoms with Gasteiger partial charge in [0.15, 0.2) is 5.75 Å². The molecule has 0 aliphatic carbocycles. The van der Waals surface area contributed by atoms with Crippen LogP contribution in [0, 0.1) is 6.92 Å². The second-order valence-electron chi connectivity index (χ2n) is 7.20. The highest BCUT2D eigenvalue weighted by Gasteiger charge is 2.21. The van der Waals surface area contributed by atoms with Crippen molar-refractivity contribution in [3.63, 3.8) is 0 Å². The van der Waals surface area contributed by atoms with Crippen LogP contribution in [0.15, 0.2) is 72.8 Å². The monoisotopic (exact) mass is 414 g/mol. The number of amides is 1. The van der Waals surface area contributed by atoms with E-state index < -0.39 is 0 Å². The molecule has 1 amide bonds. The maximum absolute atomic E-state index is 13.4. The van der Waals surface area contributed by atoms with Gasteiger partial charge in [0.05, 0.1) is 12.3 Å². The van der Waals surface area contributed by atoms with Crippen LogP contribution in [0.3, 0.4) is 0 Å². The number of nitrogens with zero attached hydrogens (tertiary/aromatic N) is 1. The van der Waals surface area contributed by atoms with Gasteiger partial charge in [-0.15, -0.1) is 0 Å². The van der Waals surface area contributed by atoms with Crippen molar-refractivity contribution in [3.05, 3.63) is 84.1 Å². The number of hydrogen-bond donors (Lipinski definition) is 1. The highest BCUT2D eigenvalue weighted by molar-refractivity contribution is 6.09. The van der Waals surface area contributed by atoms with Gasteiger partial charge in [0.25, 0.3) is 5.91 Å². The molecule has 1 N–H and O–H groups in total. The smallest absolute Gasteiger partial charge is 0.272 e. The van der Waals surface area contributed by atoms with Crippen LogP contribution in [-0.4, -0.2) is 17.1 Å². The van der Waals surface area contributed by atoms with E-state index in [-0.39, 0.29) is 5.91 Å². The lowest BCUT2D eigenvalue weighted by atomic mass is 10.1. The standard InChI is InChI=1S/C26H26N2O3/c1-4-28-23-16-15-20(30-5-2)17-21(23)18(3)25(28)26(29)27-22-13-9-10-14-24(22)31-19-11-7-6-8-12-19/h6-17H,4-5H2,1-3H3,(H,27,29). The minimum absolute atomic E-state index is 0.169. The number of carbonyl (C=O) groups is 1. The van der Waals surface area contributed by atoms with Crippen molar-refractivity contribution in [1.29, 1.82) is 0 Å². The number of aryl methyl sites for hydroxylation is 2. The van der Waals surface area contributed by atoms with Crippen molar-refractivity contribution in [3.8, 4) is 17.2 Å². The number of fused-ring (bicyclic) bond motifs is 1. The lowest BCUT2D eigenvalue weighted by molar-refractivity contribution is 0.101. The summed E-state index contributed by atoms with van der Waals surface area (Å²) in [6.07, 6.45) is 0. The van der Waals surface area contributed by atoms with Gasteiger partial charge in [0.2, 0.25) is 0 Å². The Morgan fingerprint density at radius 1 is 0.935 bits per heavy atom. The first kappa shape index (κ1) is 20.5. The predicted molar refractivity (Wildman–Crippen MR) is 124 cm³/mol. The van der Waals surface area contributed by atoms with E-state index in [0.29, 0.717) is 36.0 Å². The normalized spacial score (nSPS) is 10.8. The van der Waals surface area contributed by atoms with E-state index in [2.05, 4.69) is 5.32 Å². The van der Waals surface area contributed by atoms with Gasteiger partial charge >= 0.3 is 0 Å². The zero-order chi connectivity index (χ0) is 21.8. The molecule has 0 unspecified atom stereocenters. The van der Waals surface area contributed by atoms with Crippen LogP contribution >= 0.6 is 0 Å². The Morgan fingerprint density at radius 2 is 1.68 bits per heavy atom. The number of carbonyl (C=O) groups excluding carboxylic acids is 1. The third-order valence-electron chi connectivity index (χ3n) is 5.24. The number of benzene rings is 3. The summed E-state index contributed by atoms with van der Waals surface area (Å²) in [5.41, 5.74) is 3.21. The second-order valence-corrected chi connectivity index (χ2v) is 7.20. The molecule has 0 fully saturated rings. The van der Waals surface area contributed by atoms with E-state index in [1.807, 2.05) is 98.1 Å². The number of ether oxygens (including phenoxy) is 2. The SMILES string of the molecule is CCOc1ccc2c(c1)c(C)c(C(=O)Nc1ccccc1Oc1ccccc1)n2CC. The summed E-state index contributed by atoms with van der Waals surface area (Å²) in [4.78, 5) is 13.4. The molecule has 1 heterocycles. The number of para-hydroxylation sites is 3. The van der Waals surface area contributed by atoms with E-state index >= 15 is 0 Å². The summed E-state index contributed by atoms with van der Waals surface area (Å²) in [5.74, 6) is 1.95. The Labute approximate surface area is 182 Å². The first-order valence-corrected chi connectivity index (χ1v) is 10.5. The first-order valence-electron chi connectivity index (χ1n) is 10.5. The first-order chi connectivity index (χ1) is 15.1. The van der Waals surface area contributed by atoms with Crippen LogP contribution in [0.25, 0.3) is 10.9 Å². The molecule has 0 radical (unpaired) electrons. The Bertz CT molecular complexity index is 1210. The Hall–Kier alpha value is -3.73. The average Bonchev–Trinajstić information content (AvgIpc) is 3.07. The molecule has 5 heteroatoms. The predicted octanol–water partition coefficient (Wildman–Crippen LogP) is 6.41. The summed E-state index contributed by atoms with van der Waals surface area (Å²) < 4.78 is 13.7. The number of anilines is 1. The fraction of sp³-hybridized carbons (Fsp3) is 0.192. The zero-order valence-corrected chi connectivity index (χ0v) is 18.0. The minimum Gasteiger partial charge on any atom is -0.494 e. The van der Waals surface area contributed by atoms with Gasteiger partial charge < -0.3 is 19.4 Å². The average molecular weight is 415 g/mol. The molecule has 0 aliphatic heterocycles. The summed E-state index contributed by atoms with van der Waals surface area (Å²) in [6, 6.07) is 22.9. The van der Waals surface area contributed by atoms with Crippen LogP contribution in [0.1, 0.15) is 29.9 Å². The molecule has 158 valence electrons. The Kier molecular flexibility index (Phi) is 5.94. The van der Waals surface area contributed by atoms with Crippen LogP contribution in [0.4, 0.5) is 5.69 Å². The summed E-state index contributed by atoms with van der Waals surface area (Å²) in [7, 11) is 0. The van der Waals surface area contributed by atoms with Gasteiger partial charge in [-0.3, -0.25) is 4.79 Å². The fourth-order valence-electron chi connectivity index (χ4n) is 3.84. The van der Waals surface area contributed by atoms with Gasteiger partial charge in [-0.25, -0.2) is 0 Å².